The number of nitrogens with zero attached hydrogens (tertiary/aromatic N) is 2. The van der Waals surface area contributed by atoms with Crippen molar-refractivity contribution in [1.29, 1.82) is 0 Å². The van der Waals surface area contributed by atoms with Gasteiger partial charge < -0.3 is 14.6 Å². The largest absolute Gasteiger partial charge is 0.491 e. The van der Waals surface area contributed by atoms with Gasteiger partial charge >= 0.3 is 0 Å². The zero-order chi connectivity index (χ0) is 27.9. The molecule has 3 aromatic carbocycles. The summed E-state index contributed by atoms with van der Waals surface area (Å²) in [6.07, 6.45) is 0.194. The average Bonchev–Trinajstić information content (AvgIpc) is 3.24. The Labute approximate surface area is 227 Å². The number of nitrogens with one attached hydrogen (secondary N) is 1. The van der Waals surface area contributed by atoms with Crippen molar-refractivity contribution >= 4 is 26.8 Å². The van der Waals surface area contributed by atoms with Crippen LogP contribution in [0.5, 0.6) is 5.75 Å². The fraction of sp³-hybridized carbons (Fsp3) is 0.333. The molecule has 0 fully saturated rings. The zero-order valence-electron chi connectivity index (χ0n) is 22.5. The molecule has 1 N–H and O–H groups in total. The molecular formula is C30H32FN3O4S. The Kier molecular flexibility index (Phi) is 7.20. The summed E-state index contributed by atoms with van der Waals surface area (Å²) in [5.74, 6) is 0.527. The van der Waals surface area contributed by atoms with Crippen molar-refractivity contribution in [3.05, 3.63) is 76.9 Å². The van der Waals surface area contributed by atoms with E-state index in [4.69, 9.17) is 4.74 Å². The molecular weight excluding hydrogens is 517 g/mol. The first-order valence-electron chi connectivity index (χ1n) is 13.2. The van der Waals surface area contributed by atoms with Crippen LogP contribution in [0.2, 0.25) is 0 Å². The van der Waals surface area contributed by atoms with Gasteiger partial charge in [-0.1, -0.05) is 39.8 Å². The van der Waals surface area contributed by atoms with Gasteiger partial charge in [0.15, 0.2) is 9.84 Å². The molecule has 204 valence electrons. The van der Waals surface area contributed by atoms with Crippen molar-refractivity contribution in [1.82, 2.24) is 14.9 Å². The van der Waals surface area contributed by atoms with E-state index >= 15 is 4.39 Å². The van der Waals surface area contributed by atoms with Crippen molar-refractivity contribution in [3.63, 3.8) is 0 Å². The molecule has 4 aromatic rings. The molecule has 9 heteroatoms. The number of hydrogen-bond donors (Lipinski definition) is 1. The highest BCUT2D eigenvalue weighted by Gasteiger charge is 2.27. The van der Waals surface area contributed by atoms with Crippen molar-refractivity contribution in [2.24, 2.45) is 0 Å². The van der Waals surface area contributed by atoms with Crippen LogP contribution in [0.3, 0.4) is 0 Å². The molecule has 5 rings (SSSR count). The number of rotatable bonds is 6. The molecule has 1 amide bonds. The van der Waals surface area contributed by atoms with E-state index in [0.29, 0.717) is 24.8 Å². The first-order valence-corrected chi connectivity index (χ1v) is 14.9. The molecule has 0 saturated heterocycles. The summed E-state index contributed by atoms with van der Waals surface area (Å²) in [7, 11) is -3.75. The Bertz CT molecular complexity index is 1680. The normalized spacial score (nSPS) is 13.8. The summed E-state index contributed by atoms with van der Waals surface area (Å²) in [6.45, 7) is 8.27. The maximum Gasteiger partial charge on any atom is 0.254 e. The molecule has 2 heterocycles. The third-order valence-corrected chi connectivity index (χ3v) is 8.96. The number of amides is 1. The minimum Gasteiger partial charge on any atom is -0.491 e. The molecule has 1 aliphatic rings. The highest BCUT2D eigenvalue weighted by atomic mass is 32.2. The number of ether oxygens (including phenoxy) is 1. The first-order chi connectivity index (χ1) is 18.6. The third-order valence-electron chi connectivity index (χ3n) is 7.21. The van der Waals surface area contributed by atoms with Gasteiger partial charge in [-0.2, -0.15) is 0 Å². The molecule has 7 nitrogen and oxygen atoms in total. The van der Waals surface area contributed by atoms with Crippen molar-refractivity contribution in [2.45, 2.75) is 51.5 Å². The average molecular weight is 550 g/mol. The lowest BCUT2D eigenvalue weighted by Crippen LogP contribution is -2.33. The minimum absolute atomic E-state index is 0.113. The van der Waals surface area contributed by atoms with Crippen molar-refractivity contribution in [2.75, 3.05) is 18.9 Å². The number of sulfone groups is 1. The maximum atomic E-state index is 15.3. The summed E-state index contributed by atoms with van der Waals surface area (Å²) in [6, 6.07) is 14.6. The summed E-state index contributed by atoms with van der Waals surface area (Å²) in [5, 5.41) is 0. The molecule has 0 spiro atoms. The smallest absolute Gasteiger partial charge is 0.254 e. The van der Waals surface area contributed by atoms with Crippen LogP contribution in [0.4, 0.5) is 4.39 Å². The lowest BCUT2D eigenvalue weighted by atomic mass is 10.0. The topological polar surface area (TPSA) is 92.4 Å². The summed E-state index contributed by atoms with van der Waals surface area (Å²) in [5.41, 5.74) is 4.99. The number of H-pyrrole nitrogens is 1. The Hall–Kier alpha value is -3.72. The molecule has 0 aliphatic carbocycles. The van der Waals surface area contributed by atoms with Crippen LogP contribution >= 0.6 is 0 Å². The number of halogens is 1. The lowest BCUT2D eigenvalue weighted by molar-refractivity contribution is 0.0731. The molecule has 1 aromatic heterocycles. The van der Waals surface area contributed by atoms with Crippen LogP contribution in [0.1, 0.15) is 60.9 Å². The summed E-state index contributed by atoms with van der Waals surface area (Å²) < 4.78 is 45.9. The highest BCUT2D eigenvalue weighted by molar-refractivity contribution is 7.91. The van der Waals surface area contributed by atoms with Gasteiger partial charge in [0, 0.05) is 29.2 Å². The molecule has 0 bridgehead atoms. The van der Waals surface area contributed by atoms with Gasteiger partial charge in [-0.15, -0.1) is 0 Å². The van der Waals surface area contributed by atoms with Gasteiger partial charge in [-0.05, 0) is 53.9 Å². The number of imidazole rings is 1. The Morgan fingerprint density at radius 3 is 2.56 bits per heavy atom. The molecule has 0 unspecified atom stereocenters. The van der Waals surface area contributed by atoms with E-state index in [1.54, 1.807) is 11.8 Å². The predicted molar refractivity (Wildman–Crippen MR) is 149 cm³/mol. The summed E-state index contributed by atoms with van der Waals surface area (Å²) >= 11 is 0. The van der Waals surface area contributed by atoms with Crippen LogP contribution in [-0.2, 0) is 22.8 Å². The Morgan fingerprint density at radius 2 is 1.85 bits per heavy atom. The Balaban J connectivity index is 1.47. The zero-order valence-corrected chi connectivity index (χ0v) is 23.4. The van der Waals surface area contributed by atoms with E-state index in [-0.39, 0.29) is 40.6 Å². The van der Waals surface area contributed by atoms with Gasteiger partial charge in [0.05, 0.1) is 23.3 Å². The SMILES string of the molecule is CCc1c(C(=O)N2CCOc3ccc(-c4ccc5nc(C(C)C)[nH]c5c4)cc3C2)ccc(S(=O)(=O)CC)c1F. The number of aromatic nitrogens is 2. The molecule has 0 saturated carbocycles. The van der Waals surface area contributed by atoms with Gasteiger partial charge in [0.2, 0.25) is 0 Å². The van der Waals surface area contributed by atoms with Gasteiger partial charge in [-0.3, -0.25) is 4.79 Å². The minimum atomic E-state index is -3.75. The van der Waals surface area contributed by atoms with Gasteiger partial charge in [0.25, 0.3) is 5.91 Å². The number of carbonyl (C=O) groups excluding carboxylic acids is 1. The second-order valence-electron chi connectivity index (χ2n) is 10.1. The van der Waals surface area contributed by atoms with E-state index in [1.165, 1.54) is 19.1 Å². The second-order valence-corrected chi connectivity index (χ2v) is 12.3. The monoisotopic (exact) mass is 549 g/mol. The number of carbonyl (C=O) groups is 1. The van der Waals surface area contributed by atoms with E-state index < -0.39 is 15.7 Å². The number of hydrogen-bond acceptors (Lipinski definition) is 5. The van der Waals surface area contributed by atoms with Crippen molar-refractivity contribution in [3.8, 4) is 16.9 Å². The van der Waals surface area contributed by atoms with Gasteiger partial charge in [0.1, 0.15) is 28.9 Å². The molecule has 39 heavy (non-hydrogen) atoms. The van der Waals surface area contributed by atoms with Crippen molar-refractivity contribution < 1.29 is 22.3 Å². The molecule has 0 radical (unpaired) electrons. The fourth-order valence-electron chi connectivity index (χ4n) is 4.94. The van der Waals surface area contributed by atoms with Crippen LogP contribution in [-0.4, -0.2) is 48.1 Å². The highest BCUT2D eigenvalue weighted by Crippen LogP contribution is 2.32. The quantitative estimate of drug-likeness (QED) is 0.324. The lowest BCUT2D eigenvalue weighted by Gasteiger charge is -2.22. The van der Waals surface area contributed by atoms with E-state index in [1.807, 2.05) is 30.3 Å². The van der Waals surface area contributed by atoms with Crippen LogP contribution < -0.4 is 4.74 Å². The van der Waals surface area contributed by atoms with Gasteiger partial charge in [-0.25, -0.2) is 17.8 Å². The van der Waals surface area contributed by atoms with Crippen LogP contribution in [0.15, 0.2) is 53.4 Å². The first kappa shape index (κ1) is 26.9. The second kappa shape index (κ2) is 10.4. The van der Waals surface area contributed by atoms with Crippen LogP contribution in [0.25, 0.3) is 22.2 Å². The third kappa shape index (κ3) is 5.03. The van der Waals surface area contributed by atoms with E-state index in [0.717, 1.165) is 33.5 Å². The standard InChI is InChI=1S/C30H32FN3O4S/c1-5-22-23(9-12-27(28(22)31)39(36,37)6-2)30(35)34-13-14-38-26-11-8-19(15-21(26)17-34)20-7-10-24-25(16-20)33-29(32-24)18(3)4/h7-12,15-16,18H,5-6,13-14,17H2,1-4H3,(H,32,33). The summed E-state index contributed by atoms with van der Waals surface area (Å²) in [4.78, 5) is 22.9. The number of fused-ring (bicyclic) bond motifs is 2. The molecule has 1 aliphatic heterocycles. The molecule has 0 atom stereocenters. The Morgan fingerprint density at radius 1 is 1.10 bits per heavy atom. The van der Waals surface area contributed by atoms with E-state index in [9.17, 15) is 13.2 Å². The number of aromatic amines is 1. The van der Waals surface area contributed by atoms with E-state index in [2.05, 4.69) is 29.9 Å². The fourth-order valence-corrected chi connectivity index (χ4v) is 5.92. The number of benzene rings is 3. The van der Waals surface area contributed by atoms with Crippen LogP contribution in [0, 0.1) is 5.82 Å². The maximum absolute atomic E-state index is 15.3. The predicted octanol–water partition coefficient (Wildman–Crippen LogP) is 5.88.